The van der Waals surface area contributed by atoms with Crippen molar-refractivity contribution >= 4 is 29.9 Å². The Kier molecular flexibility index (Phi) is 7.42. The molecular weight excluding hydrogens is 353 g/mol. The molecule has 2 aliphatic rings. The highest BCUT2D eigenvalue weighted by Gasteiger charge is 2.38. The van der Waals surface area contributed by atoms with Gasteiger partial charge in [-0.1, -0.05) is 6.42 Å². The number of nitrogens with one attached hydrogen (secondary N) is 1. The van der Waals surface area contributed by atoms with Crippen LogP contribution in [-0.4, -0.2) is 32.3 Å². The molecule has 2 rings (SSSR count). The Morgan fingerprint density at radius 3 is 2.79 bits per heavy atom. The smallest absolute Gasteiger partial charge is 0.188 e. The minimum atomic E-state index is 0. The molecule has 2 fully saturated rings. The van der Waals surface area contributed by atoms with Crippen molar-refractivity contribution in [3.05, 3.63) is 0 Å². The molecule has 4 unspecified atom stereocenters. The van der Waals surface area contributed by atoms with Crippen molar-refractivity contribution in [2.24, 2.45) is 28.5 Å². The number of aliphatic imine (C=N–C) groups is 1. The number of hydrogen-bond acceptors (Lipinski definition) is 2. The quantitative estimate of drug-likeness (QED) is 0.422. The third-order valence-corrected chi connectivity index (χ3v) is 4.48. The van der Waals surface area contributed by atoms with Crippen LogP contribution in [0.4, 0.5) is 0 Å². The van der Waals surface area contributed by atoms with Gasteiger partial charge in [-0.3, -0.25) is 4.99 Å². The topological polar surface area (TPSA) is 59.6 Å². The summed E-state index contributed by atoms with van der Waals surface area (Å²) in [5.74, 6) is 3.49. The fourth-order valence-corrected chi connectivity index (χ4v) is 3.67. The molecule has 19 heavy (non-hydrogen) atoms. The molecule has 4 nitrogen and oxygen atoms in total. The van der Waals surface area contributed by atoms with E-state index in [0.717, 1.165) is 24.3 Å². The average molecular weight is 381 g/mol. The molecule has 3 N–H and O–H groups in total. The van der Waals surface area contributed by atoms with Gasteiger partial charge in [0.2, 0.25) is 0 Å². The number of nitrogens with zero attached hydrogens (tertiary/aromatic N) is 1. The lowest BCUT2D eigenvalue weighted by atomic mass is 9.86. The van der Waals surface area contributed by atoms with E-state index in [9.17, 15) is 0 Å². The number of halogens is 1. The fourth-order valence-electron chi connectivity index (χ4n) is 3.67. The van der Waals surface area contributed by atoms with Gasteiger partial charge in [0.15, 0.2) is 5.96 Å². The van der Waals surface area contributed by atoms with Gasteiger partial charge >= 0.3 is 0 Å². The molecule has 0 spiro atoms. The summed E-state index contributed by atoms with van der Waals surface area (Å²) in [5.41, 5.74) is 5.85. The molecular formula is C14H28IN3O. The average Bonchev–Trinajstić information content (AvgIpc) is 2.91. The van der Waals surface area contributed by atoms with E-state index in [1.807, 2.05) is 6.92 Å². The molecule has 4 atom stereocenters. The molecule has 0 aliphatic heterocycles. The zero-order valence-electron chi connectivity index (χ0n) is 12.1. The van der Waals surface area contributed by atoms with Crippen LogP contribution in [0.1, 0.15) is 39.0 Å². The number of nitrogens with two attached hydrogens (primary N) is 1. The lowest BCUT2D eigenvalue weighted by Crippen LogP contribution is -2.40. The highest BCUT2D eigenvalue weighted by atomic mass is 127. The van der Waals surface area contributed by atoms with Gasteiger partial charge in [-0.25, -0.2) is 0 Å². The lowest BCUT2D eigenvalue weighted by Gasteiger charge is -2.20. The highest BCUT2D eigenvalue weighted by molar-refractivity contribution is 14.0. The van der Waals surface area contributed by atoms with Crippen molar-refractivity contribution in [3.8, 4) is 0 Å². The Hall–Kier alpha value is -0.0400. The number of ether oxygens (including phenoxy) is 1. The van der Waals surface area contributed by atoms with Gasteiger partial charge in [0, 0.05) is 19.7 Å². The Morgan fingerprint density at radius 2 is 2.21 bits per heavy atom. The van der Waals surface area contributed by atoms with Crippen LogP contribution in [0.2, 0.25) is 0 Å². The van der Waals surface area contributed by atoms with E-state index in [0.29, 0.717) is 12.6 Å². The predicted octanol–water partition coefficient (Wildman–Crippen LogP) is 2.37. The van der Waals surface area contributed by atoms with Crippen LogP contribution >= 0.6 is 24.0 Å². The summed E-state index contributed by atoms with van der Waals surface area (Å²) < 4.78 is 5.05. The van der Waals surface area contributed by atoms with E-state index in [1.54, 1.807) is 7.11 Å². The van der Waals surface area contributed by atoms with E-state index in [-0.39, 0.29) is 30.0 Å². The van der Waals surface area contributed by atoms with Gasteiger partial charge in [0.05, 0.1) is 6.61 Å². The normalized spacial score (nSPS) is 31.1. The molecule has 0 amide bonds. The highest BCUT2D eigenvalue weighted by Crippen LogP contribution is 2.49. The number of methoxy groups -OCH3 is 1. The van der Waals surface area contributed by atoms with Gasteiger partial charge in [-0.15, -0.1) is 24.0 Å². The standard InChI is InChI=1S/C14H27N3O.HI/c1-10(9-18-2)17-14(15)16-6-5-13-8-11-3-4-12(13)7-11;/h10-13H,3-9H2,1-2H3,(H3,15,16,17);1H. The molecule has 2 saturated carbocycles. The first-order valence-electron chi connectivity index (χ1n) is 7.24. The molecule has 0 aromatic rings. The third-order valence-electron chi connectivity index (χ3n) is 4.48. The van der Waals surface area contributed by atoms with Crippen LogP contribution in [0.15, 0.2) is 4.99 Å². The summed E-state index contributed by atoms with van der Waals surface area (Å²) >= 11 is 0. The van der Waals surface area contributed by atoms with Gasteiger partial charge in [0.1, 0.15) is 0 Å². The van der Waals surface area contributed by atoms with E-state index in [2.05, 4.69) is 10.3 Å². The maximum atomic E-state index is 5.85. The Bertz CT molecular complexity index is 298. The van der Waals surface area contributed by atoms with Crippen molar-refractivity contribution in [1.82, 2.24) is 5.32 Å². The summed E-state index contributed by atoms with van der Waals surface area (Å²) in [4.78, 5) is 4.42. The summed E-state index contributed by atoms with van der Waals surface area (Å²) in [5, 5.41) is 3.14. The van der Waals surface area contributed by atoms with Crippen molar-refractivity contribution in [2.45, 2.75) is 45.1 Å². The van der Waals surface area contributed by atoms with Gasteiger partial charge in [0.25, 0.3) is 0 Å². The molecule has 112 valence electrons. The molecule has 5 heteroatoms. The molecule has 2 bridgehead atoms. The second kappa shape index (κ2) is 8.29. The van der Waals surface area contributed by atoms with Crippen molar-refractivity contribution in [3.63, 3.8) is 0 Å². The monoisotopic (exact) mass is 381 g/mol. The van der Waals surface area contributed by atoms with Gasteiger partial charge < -0.3 is 15.8 Å². The van der Waals surface area contributed by atoms with Crippen molar-refractivity contribution in [2.75, 3.05) is 20.3 Å². The molecule has 2 aliphatic carbocycles. The van der Waals surface area contributed by atoms with Gasteiger partial charge in [-0.2, -0.15) is 0 Å². The Balaban J connectivity index is 0.00000180. The first kappa shape index (κ1) is 17.0. The van der Waals surface area contributed by atoms with Crippen LogP contribution in [0.3, 0.4) is 0 Å². The minimum Gasteiger partial charge on any atom is -0.383 e. The molecule has 0 aromatic carbocycles. The van der Waals surface area contributed by atoms with Crippen LogP contribution in [0.25, 0.3) is 0 Å². The second-order valence-electron chi connectivity index (χ2n) is 5.99. The van der Waals surface area contributed by atoms with Crippen LogP contribution < -0.4 is 11.1 Å². The lowest BCUT2D eigenvalue weighted by molar-refractivity contribution is 0.179. The number of hydrogen-bond donors (Lipinski definition) is 2. The van der Waals surface area contributed by atoms with Crippen molar-refractivity contribution in [1.29, 1.82) is 0 Å². The van der Waals surface area contributed by atoms with Crippen LogP contribution in [0, 0.1) is 17.8 Å². The van der Waals surface area contributed by atoms with Gasteiger partial charge in [-0.05, 0) is 50.4 Å². The molecule has 0 heterocycles. The zero-order chi connectivity index (χ0) is 13.0. The predicted molar refractivity (Wildman–Crippen MR) is 89.9 cm³/mol. The van der Waals surface area contributed by atoms with E-state index in [4.69, 9.17) is 10.5 Å². The zero-order valence-corrected chi connectivity index (χ0v) is 14.4. The summed E-state index contributed by atoms with van der Waals surface area (Å²) in [6.45, 7) is 3.57. The third kappa shape index (κ3) is 5.10. The number of guanidine groups is 1. The first-order chi connectivity index (χ1) is 8.69. The summed E-state index contributed by atoms with van der Waals surface area (Å²) in [7, 11) is 1.70. The maximum absolute atomic E-state index is 5.85. The molecule has 0 aromatic heterocycles. The maximum Gasteiger partial charge on any atom is 0.188 e. The Labute approximate surface area is 134 Å². The SMILES string of the molecule is COCC(C)NC(N)=NCCC1CC2CCC1C2.I. The number of fused-ring (bicyclic) bond motifs is 2. The Morgan fingerprint density at radius 1 is 1.42 bits per heavy atom. The van der Waals surface area contributed by atoms with Crippen LogP contribution in [-0.2, 0) is 4.74 Å². The molecule has 0 saturated heterocycles. The second-order valence-corrected chi connectivity index (χ2v) is 5.99. The minimum absolute atomic E-state index is 0. The van der Waals surface area contributed by atoms with Crippen molar-refractivity contribution < 1.29 is 4.74 Å². The summed E-state index contributed by atoms with van der Waals surface area (Å²) in [6, 6.07) is 0.223. The first-order valence-corrected chi connectivity index (χ1v) is 7.24. The van der Waals surface area contributed by atoms with E-state index in [1.165, 1.54) is 32.1 Å². The largest absolute Gasteiger partial charge is 0.383 e. The van der Waals surface area contributed by atoms with Crippen LogP contribution in [0.5, 0.6) is 0 Å². The van der Waals surface area contributed by atoms with E-state index < -0.39 is 0 Å². The molecule has 0 radical (unpaired) electrons. The number of rotatable bonds is 6. The fraction of sp³-hybridized carbons (Fsp3) is 0.929. The summed E-state index contributed by atoms with van der Waals surface area (Å²) in [6.07, 6.45) is 7.06. The van der Waals surface area contributed by atoms with E-state index >= 15 is 0 Å².